The van der Waals surface area contributed by atoms with E-state index in [0.717, 1.165) is 5.56 Å². The van der Waals surface area contributed by atoms with Crippen molar-refractivity contribution in [3.63, 3.8) is 0 Å². The van der Waals surface area contributed by atoms with E-state index in [1.54, 1.807) is 13.1 Å². The first-order valence-electron chi connectivity index (χ1n) is 5.33. The highest BCUT2D eigenvalue weighted by Crippen LogP contribution is 2.17. The largest absolute Gasteiger partial charge is 0.478 e. The average Bonchev–Trinajstić information content (AvgIpc) is 2.29. The second-order valence-corrected chi connectivity index (χ2v) is 3.74. The Bertz CT molecular complexity index is 430. The smallest absolute Gasteiger partial charge is 0.335 e. The lowest BCUT2D eigenvalue weighted by atomic mass is 10.1. The fraction of sp³-hybridized carbons (Fsp3) is 0.333. The first kappa shape index (κ1) is 13.2. The molecule has 0 aromatic heterocycles. The summed E-state index contributed by atoms with van der Waals surface area (Å²) >= 11 is 0. The van der Waals surface area contributed by atoms with Crippen molar-refractivity contribution in [2.45, 2.75) is 13.3 Å². The number of benzene rings is 1. The Morgan fingerprint density at radius 2 is 2.06 bits per heavy atom. The quantitative estimate of drug-likeness (QED) is 0.718. The van der Waals surface area contributed by atoms with Crippen LogP contribution in [-0.2, 0) is 4.79 Å². The fourth-order valence-electron chi connectivity index (χ4n) is 1.34. The van der Waals surface area contributed by atoms with Gasteiger partial charge in [-0.3, -0.25) is 4.79 Å². The van der Waals surface area contributed by atoms with E-state index in [2.05, 4.69) is 10.6 Å². The van der Waals surface area contributed by atoms with Gasteiger partial charge in [0.2, 0.25) is 5.91 Å². The van der Waals surface area contributed by atoms with Gasteiger partial charge in [-0.05, 0) is 31.7 Å². The van der Waals surface area contributed by atoms with Crippen LogP contribution in [0.25, 0.3) is 0 Å². The van der Waals surface area contributed by atoms with E-state index in [-0.39, 0.29) is 11.5 Å². The number of carboxylic acid groups (broad SMARTS) is 1. The van der Waals surface area contributed by atoms with E-state index in [1.165, 1.54) is 12.1 Å². The van der Waals surface area contributed by atoms with Gasteiger partial charge in [-0.2, -0.15) is 0 Å². The Balaban J connectivity index is 2.79. The molecule has 5 nitrogen and oxygen atoms in total. The number of amides is 1. The van der Waals surface area contributed by atoms with Gasteiger partial charge in [0, 0.05) is 18.7 Å². The molecule has 0 saturated carbocycles. The number of rotatable bonds is 5. The third-order valence-corrected chi connectivity index (χ3v) is 2.36. The first-order valence-corrected chi connectivity index (χ1v) is 5.33. The summed E-state index contributed by atoms with van der Waals surface area (Å²) in [5, 5.41) is 14.4. The van der Waals surface area contributed by atoms with Crippen LogP contribution in [0.5, 0.6) is 0 Å². The topological polar surface area (TPSA) is 78.4 Å². The Morgan fingerprint density at radius 1 is 1.35 bits per heavy atom. The van der Waals surface area contributed by atoms with Crippen LogP contribution in [0.4, 0.5) is 5.69 Å². The lowest BCUT2D eigenvalue weighted by Gasteiger charge is -2.09. The summed E-state index contributed by atoms with van der Waals surface area (Å²) in [6.45, 7) is 2.41. The second kappa shape index (κ2) is 6.00. The molecule has 0 aliphatic carbocycles. The minimum Gasteiger partial charge on any atom is -0.478 e. The minimum absolute atomic E-state index is 0.134. The van der Waals surface area contributed by atoms with Crippen molar-refractivity contribution < 1.29 is 14.7 Å². The highest BCUT2D eigenvalue weighted by Gasteiger charge is 2.08. The number of carboxylic acids is 1. The number of anilines is 1. The van der Waals surface area contributed by atoms with E-state index < -0.39 is 5.97 Å². The molecule has 1 rings (SSSR count). The SMILES string of the molecule is CNCCC(=O)Nc1cc(C(=O)O)ccc1C. The molecular formula is C12H16N2O3. The lowest BCUT2D eigenvalue weighted by molar-refractivity contribution is -0.116. The highest BCUT2D eigenvalue weighted by atomic mass is 16.4. The summed E-state index contributed by atoms with van der Waals surface area (Å²) < 4.78 is 0. The average molecular weight is 236 g/mol. The Labute approximate surface area is 99.8 Å². The van der Waals surface area contributed by atoms with Gasteiger partial charge in [-0.15, -0.1) is 0 Å². The molecule has 0 atom stereocenters. The third-order valence-electron chi connectivity index (χ3n) is 2.36. The molecule has 0 unspecified atom stereocenters. The molecule has 92 valence electrons. The van der Waals surface area contributed by atoms with Crippen LogP contribution in [0.3, 0.4) is 0 Å². The van der Waals surface area contributed by atoms with Gasteiger partial charge in [-0.25, -0.2) is 4.79 Å². The van der Waals surface area contributed by atoms with Crippen LogP contribution in [-0.4, -0.2) is 30.6 Å². The van der Waals surface area contributed by atoms with Gasteiger partial charge < -0.3 is 15.7 Å². The van der Waals surface area contributed by atoms with E-state index in [9.17, 15) is 9.59 Å². The lowest BCUT2D eigenvalue weighted by Crippen LogP contribution is -2.19. The molecule has 5 heteroatoms. The molecule has 0 aliphatic heterocycles. The summed E-state index contributed by atoms with van der Waals surface area (Å²) in [6, 6.07) is 4.66. The minimum atomic E-state index is -1.00. The maximum Gasteiger partial charge on any atom is 0.335 e. The number of hydrogen-bond donors (Lipinski definition) is 3. The van der Waals surface area contributed by atoms with Gasteiger partial charge in [0.05, 0.1) is 5.56 Å². The van der Waals surface area contributed by atoms with Crippen LogP contribution in [0.1, 0.15) is 22.3 Å². The molecule has 0 heterocycles. The number of aryl methyl sites for hydroxylation is 1. The molecule has 0 aliphatic rings. The fourth-order valence-corrected chi connectivity index (χ4v) is 1.34. The Morgan fingerprint density at radius 3 is 2.65 bits per heavy atom. The molecule has 0 spiro atoms. The van der Waals surface area contributed by atoms with Crippen LogP contribution in [0.15, 0.2) is 18.2 Å². The van der Waals surface area contributed by atoms with Crippen molar-refractivity contribution >= 4 is 17.6 Å². The number of carbonyl (C=O) groups excluding carboxylic acids is 1. The third kappa shape index (κ3) is 3.88. The van der Waals surface area contributed by atoms with Crippen molar-refractivity contribution in [3.8, 4) is 0 Å². The molecule has 0 bridgehead atoms. The predicted octanol–water partition coefficient (Wildman–Crippen LogP) is 1.24. The van der Waals surface area contributed by atoms with Crippen molar-refractivity contribution in [2.24, 2.45) is 0 Å². The van der Waals surface area contributed by atoms with Crippen molar-refractivity contribution in [1.82, 2.24) is 5.32 Å². The molecule has 17 heavy (non-hydrogen) atoms. The first-order chi connectivity index (χ1) is 8.04. The maximum atomic E-state index is 11.5. The van der Waals surface area contributed by atoms with Gasteiger partial charge in [0.25, 0.3) is 0 Å². The maximum absolute atomic E-state index is 11.5. The Hall–Kier alpha value is -1.88. The van der Waals surface area contributed by atoms with Crippen molar-refractivity contribution in [3.05, 3.63) is 29.3 Å². The summed E-state index contributed by atoms with van der Waals surface area (Å²) in [7, 11) is 1.77. The van der Waals surface area contributed by atoms with Crippen molar-refractivity contribution in [2.75, 3.05) is 18.9 Å². The number of hydrogen-bond acceptors (Lipinski definition) is 3. The van der Waals surface area contributed by atoms with Crippen LogP contribution in [0, 0.1) is 6.92 Å². The van der Waals surface area contributed by atoms with Gasteiger partial charge >= 0.3 is 5.97 Å². The normalized spacial score (nSPS) is 10.0. The van der Waals surface area contributed by atoms with Gasteiger partial charge in [0.15, 0.2) is 0 Å². The molecule has 0 fully saturated rings. The summed E-state index contributed by atoms with van der Waals surface area (Å²) in [4.78, 5) is 22.3. The van der Waals surface area contributed by atoms with E-state index in [0.29, 0.717) is 18.7 Å². The Kier molecular flexibility index (Phi) is 4.66. The molecule has 0 radical (unpaired) electrons. The zero-order valence-electron chi connectivity index (χ0n) is 9.91. The van der Waals surface area contributed by atoms with Crippen LogP contribution >= 0.6 is 0 Å². The molecule has 1 aromatic carbocycles. The monoisotopic (exact) mass is 236 g/mol. The number of aromatic carboxylic acids is 1. The number of carbonyl (C=O) groups is 2. The van der Waals surface area contributed by atoms with E-state index >= 15 is 0 Å². The predicted molar refractivity (Wildman–Crippen MR) is 65.3 cm³/mol. The van der Waals surface area contributed by atoms with E-state index in [1.807, 2.05) is 6.92 Å². The van der Waals surface area contributed by atoms with Crippen LogP contribution in [0.2, 0.25) is 0 Å². The molecule has 1 amide bonds. The summed E-state index contributed by atoms with van der Waals surface area (Å²) in [5.41, 5.74) is 1.55. The highest BCUT2D eigenvalue weighted by molar-refractivity contribution is 5.94. The van der Waals surface area contributed by atoms with Crippen molar-refractivity contribution in [1.29, 1.82) is 0 Å². The zero-order chi connectivity index (χ0) is 12.8. The molecular weight excluding hydrogens is 220 g/mol. The molecule has 1 aromatic rings. The van der Waals surface area contributed by atoms with Crippen LogP contribution < -0.4 is 10.6 Å². The zero-order valence-corrected chi connectivity index (χ0v) is 9.91. The number of nitrogens with one attached hydrogen (secondary N) is 2. The van der Waals surface area contributed by atoms with Gasteiger partial charge in [0.1, 0.15) is 0 Å². The molecule has 0 saturated heterocycles. The van der Waals surface area contributed by atoms with Gasteiger partial charge in [-0.1, -0.05) is 6.07 Å². The summed E-state index contributed by atoms with van der Waals surface area (Å²) in [6.07, 6.45) is 0.354. The van der Waals surface area contributed by atoms with E-state index in [4.69, 9.17) is 5.11 Å². The second-order valence-electron chi connectivity index (χ2n) is 3.74. The standard InChI is InChI=1S/C12H16N2O3/c1-8-3-4-9(12(16)17)7-10(8)14-11(15)5-6-13-2/h3-4,7,13H,5-6H2,1-2H3,(H,14,15)(H,16,17). The molecule has 3 N–H and O–H groups in total. The summed E-state index contributed by atoms with van der Waals surface area (Å²) in [5.74, 6) is -1.14.